The van der Waals surface area contributed by atoms with Crippen molar-refractivity contribution in [1.82, 2.24) is 9.62 Å². The Morgan fingerprint density at radius 2 is 1.73 bits per heavy atom. The monoisotopic (exact) mass is 400 g/mol. The van der Waals surface area contributed by atoms with Gasteiger partial charge in [-0.3, -0.25) is 4.79 Å². The van der Waals surface area contributed by atoms with Crippen molar-refractivity contribution >= 4 is 27.5 Å². The van der Waals surface area contributed by atoms with Crippen LogP contribution in [-0.2, 0) is 14.8 Å². The van der Waals surface area contributed by atoms with Gasteiger partial charge in [-0.1, -0.05) is 39.3 Å². The summed E-state index contributed by atoms with van der Waals surface area (Å²) in [5.74, 6) is 0.298. The van der Waals surface area contributed by atoms with E-state index in [1.807, 2.05) is 0 Å². The summed E-state index contributed by atoms with van der Waals surface area (Å²) in [6, 6.07) is 6.24. The Morgan fingerprint density at radius 1 is 1.15 bits per heavy atom. The molecule has 0 saturated carbocycles. The average Bonchev–Trinajstić information content (AvgIpc) is 2.59. The minimum atomic E-state index is -3.61. The van der Waals surface area contributed by atoms with Gasteiger partial charge in [0.25, 0.3) is 0 Å². The van der Waals surface area contributed by atoms with Crippen LogP contribution < -0.4 is 5.32 Å². The molecular weight excluding hydrogens is 372 g/mol. The molecule has 1 heterocycles. The highest BCUT2D eigenvalue weighted by atomic mass is 35.5. The van der Waals surface area contributed by atoms with Gasteiger partial charge in [-0.25, -0.2) is 8.42 Å². The number of nitrogens with zero attached hydrogens (tertiary/aromatic N) is 1. The van der Waals surface area contributed by atoms with Crippen LogP contribution in [0.15, 0.2) is 29.2 Å². The lowest BCUT2D eigenvalue weighted by Gasteiger charge is -2.33. The molecule has 1 fully saturated rings. The molecule has 1 saturated heterocycles. The summed E-state index contributed by atoms with van der Waals surface area (Å²) in [5.41, 5.74) is 0. The molecule has 1 atom stereocenters. The maximum absolute atomic E-state index is 12.9. The minimum Gasteiger partial charge on any atom is -0.353 e. The van der Waals surface area contributed by atoms with Crippen LogP contribution in [0.1, 0.15) is 40.5 Å². The van der Waals surface area contributed by atoms with Gasteiger partial charge in [-0.05, 0) is 48.9 Å². The molecule has 1 aromatic carbocycles. The number of piperidine rings is 1. The summed E-state index contributed by atoms with van der Waals surface area (Å²) < 4.78 is 27.1. The number of hydrogen-bond donors (Lipinski definition) is 1. The van der Waals surface area contributed by atoms with Crippen molar-refractivity contribution in [3.63, 3.8) is 0 Å². The fourth-order valence-electron chi connectivity index (χ4n) is 3.52. The average molecular weight is 401 g/mol. The normalized spacial score (nSPS) is 19.3. The minimum absolute atomic E-state index is 0.0478. The van der Waals surface area contributed by atoms with E-state index in [0.29, 0.717) is 36.2 Å². The molecule has 1 aliphatic heterocycles. The van der Waals surface area contributed by atoms with Crippen LogP contribution in [-0.4, -0.2) is 37.8 Å². The molecule has 2 rings (SSSR count). The number of carbonyl (C=O) groups excluding carboxylic acids is 1. The van der Waals surface area contributed by atoms with Gasteiger partial charge in [0, 0.05) is 24.2 Å². The summed E-state index contributed by atoms with van der Waals surface area (Å²) in [6.45, 7) is 9.00. The molecule has 0 aliphatic carbocycles. The van der Waals surface area contributed by atoms with E-state index >= 15 is 0 Å². The predicted octanol–water partition coefficient (Wildman–Crippen LogP) is 3.54. The first-order valence-corrected chi connectivity index (χ1v) is 11.0. The number of halogens is 1. The second-order valence-corrected chi connectivity index (χ2v) is 10.1. The van der Waals surface area contributed by atoms with Gasteiger partial charge in [0.05, 0.1) is 10.8 Å². The Kier molecular flexibility index (Phi) is 7.11. The van der Waals surface area contributed by atoms with Crippen LogP contribution in [0, 0.1) is 17.8 Å². The molecule has 0 unspecified atom stereocenters. The molecule has 146 valence electrons. The molecule has 1 aliphatic rings. The summed E-state index contributed by atoms with van der Waals surface area (Å²) in [5, 5.41) is 3.62. The number of amides is 1. The Hall–Kier alpha value is -1.11. The van der Waals surface area contributed by atoms with Gasteiger partial charge in [-0.15, -0.1) is 0 Å². The highest BCUT2D eigenvalue weighted by Gasteiger charge is 2.34. The van der Waals surface area contributed by atoms with E-state index in [2.05, 4.69) is 33.0 Å². The second kappa shape index (κ2) is 8.72. The number of nitrogens with one attached hydrogen (secondary N) is 1. The summed E-state index contributed by atoms with van der Waals surface area (Å²) in [7, 11) is -3.61. The van der Waals surface area contributed by atoms with Gasteiger partial charge in [-0.2, -0.15) is 4.31 Å². The van der Waals surface area contributed by atoms with Crippen molar-refractivity contribution in [3.05, 3.63) is 29.3 Å². The predicted molar refractivity (Wildman–Crippen MR) is 105 cm³/mol. The van der Waals surface area contributed by atoms with E-state index in [-0.39, 0.29) is 29.3 Å². The first kappa shape index (κ1) is 21.2. The third-order valence-electron chi connectivity index (χ3n) is 4.95. The van der Waals surface area contributed by atoms with Crippen LogP contribution in [0.4, 0.5) is 0 Å². The molecule has 7 heteroatoms. The molecule has 0 radical (unpaired) electrons. The third kappa shape index (κ3) is 4.99. The van der Waals surface area contributed by atoms with E-state index in [4.69, 9.17) is 11.6 Å². The van der Waals surface area contributed by atoms with Crippen LogP contribution in [0.3, 0.4) is 0 Å². The molecule has 1 N–H and O–H groups in total. The zero-order chi connectivity index (χ0) is 19.5. The van der Waals surface area contributed by atoms with Crippen molar-refractivity contribution in [3.8, 4) is 0 Å². The third-order valence-corrected chi connectivity index (χ3v) is 7.08. The lowest BCUT2D eigenvalue weighted by Crippen LogP contribution is -2.49. The van der Waals surface area contributed by atoms with Crippen LogP contribution in [0.5, 0.6) is 0 Å². The fraction of sp³-hybridized carbons (Fsp3) is 0.632. The largest absolute Gasteiger partial charge is 0.353 e. The van der Waals surface area contributed by atoms with Crippen molar-refractivity contribution in [1.29, 1.82) is 0 Å². The smallest absolute Gasteiger partial charge is 0.243 e. The lowest BCUT2D eigenvalue weighted by atomic mass is 9.91. The Morgan fingerprint density at radius 3 is 2.27 bits per heavy atom. The molecule has 0 spiro atoms. The molecule has 1 amide bonds. The van der Waals surface area contributed by atoms with Gasteiger partial charge in [0.1, 0.15) is 0 Å². The zero-order valence-electron chi connectivity index (χ0n) is 15.9. The van der Waals surface area contributed by atoms with E-state index in [1.54, 1.807) is 12.1 Å². The topological polar surface area (TPSA) is 66.5 Å². The molecular formula is C19H29ClN2O3S. The fourth-order valence-corrected chi connectivity index (χ4v) is 5.17. The summed E-state index contributed by atoms with van der Waals surface area (Å²) in [4.78, 5) is 12.9. The standard InChI is InChI=1S/C19H29ClN2O3S/c1-13(2)18(14(3)4)21-19(23)15-6-5-11-22(12-15)26(24,25)17-9-7-16(20)8-10-17/h7-10,13-15,18H,5-6,11-12H2,1-4H3,(H,21,23)/t15-/m0/s1. The highest BCUT2D eigenvalue weighted by molar-refractivity contribution is 7.89. The van der Waals surface area contributed by atoms with Gasteiger partial charge in [0.15, 0.2) is 0 Å². The second-order valence-electron chi connectivity index (χ2n) is 7.68. The number of benzene rings is 1. The van der Waals surface area contributed by atoms with Gasteiger partial charge < -0.3 is 5.32 Å². The van der Waals surface area contributed by atoms with E-state index < -0.39 is 10.0 Å². The lowest BCUT2D eigenvalue weighted by molar-refractivity contribution is -0.127. The van der Waals surface area contributed by atoms with Crippen LogP contribution >= 0.6 is 11.6 Å². The number of sulfonamides is 1. The number of carbonyl (C=O) groups is 1. The van der Waals surface area contributed by atoms with Crippen molar-refractivity contribution in [2.24, 2.45) is 17.8 Å². The van der Waals surface area contributed by atoms with E-state index in [1.165, 1.54) is 16.4 Å². The first-order chi connectivity index (χ1) is 12.1. The van der Waals surface area contributed by atoms with Gasteiger partial charge >= 0.3 is 0 Å². The first-order valence-electron chi connectivity index (χ1n) is 9.19. The van der Waals surface area contributed by atoms with Crippen LogP contribution in [0.2, 0.25) is 5.02 Å². The molecule has 26 heavy (non-hydrogen) atoms. The zero-order valence-corrected chi connectivity index (χ0v) is 17.5. The molecule has 0 aromatic heterocycles. The van der Waals surface area contributed by atoms with Crippen molar-refractivity contribution in [2.75, 3.05) is 13.1 Å². The molecule has 1 aromatic rings. The summed E-state index contributed by atoms with van der Waals surface area (Å²) in [6.07, 6.45) is 1.39. The van der Waals surface area contributed by atoms with E-state index in [0.717, 1.165) is 0 Å². The highest BCUT2D eigenvalue weighted by Crippen LogP contribution is 2.25. The van der Waals surface area contributed by atoms with Crippen LogP contribution in [0.25, 0.3) is 0 Å². The Labute approximate surface area is 162 Å². The number of rotatable bonds is 6. The summed E-state index contributed by atoms with van der Waals surface area (Å²) >= 11 is 5.85. The molecule has 5 nitrogen and oxygen atoms in total. The van der Waals surface area contributed by atoms with Gasteiger partial charge in [0.2, 0.25) is 15.9 Å². The Bertz CT molecular complexity index is 709. The molecule has 0 bridgehead atoms. The quantitative estimate of drug-likeness (QED) is 0.794. The SMILES string of the molecule is CC(C)C(NC(=O)[C@H]1CCCN(S(=O)(=O)c2ccc(Cl)cc2)C1)C(C)C. The van der Waals surface area contributed by atoms with E-state index in [9.17, 15) is 13.2 Å². The number of hydrogen-bond acceptors (Lipinski definition) is 3. The maximum Gasteiger partial charge on any atom is 0.243 e. The maximum atomic E-state index is 12.9. The Balaban J connectivity index is 2.10. The van der Waals surface area contributed by atoms with Crippen molar-refractivity contribution in [2.45, 2.75) is 51.5 Å². The van der Waals surface area contributed by atoms with Crippen molar-refractivity contribution < 1.29 is 13.2 Å².